The summed E-state index contributed by atoms with van der Waals surface area (Å²) in [6, 6.07) is 22.5. The minimum Gasteiger partial charge on any atom is -0.489 e. The summed E-state index contributed by atoms with van der Waals surface area (Å²) in [5, 5.41) is 0. The second-order valence-corrected chi connectivity index (χ2v) is 9.51. The molecule has 0 aliphatic rings. The molecule has 0 spiro atoms. The molecule has 0 bridgehead atoms. The Balaban J connectivity index is 1.84. The number of halogens is 1. The summed E-state index contributed by atoms with van der Waals surface area (Å²) < 4.78 is 6.01. The van der Waals surface area contributed by atoms with Gasteiger partial charge >= 0.3 is 0 Å². The highest BCUT2D eigenvalue weighted by molar-refractivity contribution is 6.29. The molecule has 32 heavy (non-hydrogen) atoms. The van der Waals surface area contributed by atoms with Crippen LogP contribution in [0, 0.1) is 13.8 Å². The number of ether oxygens (including phenoxy) is 1. The van der Waals surface area contributed by atoms with Crippen LogP contribution in [0.2, 0.25) is 0 Å². The molecule has 0 heterocycles. The van der Waals surface area contributed by atoms with E-state index in [-0.39, 0.29) is 17.2 Å². The fraction of sp³-hybridized carbons (Fsp3) is 0.321. The zero-order valence-corrected chi connectivity index (χ0v) is 20.4. The average molecular weight is 450 g/mol. The number of hydrogen-bond acceptors (Lipinski definition) is 2. The van der Waals surface area contributed by atoms with Crippen LogP contribution in [0.25, 0.3) is 0 Å². The van der Waals surface area contributed by atoms with Crippen LogP contribution in [0.5, 0.6) is 5.75 Å². The smallest absolute Gasteiger partial charge is 0.242 e. The van der Waals surface area contributed by atoms with E-state index < -0.39 is 0 Å². The molecule has 3 rings (SSSR count). The Bertz CT molecular complexity index is 1070. The summed E-state index contributed by atoms with van der Waals surface area (Å²) in [6.45, 7) is 11.6. The molecule has 3 aromatic rings. The molecule has 0 saturated heterocycles. The van der Waals surface area contributed by atoms with E-state index in [1.54, 1.807) is 4.90 Å². The molecule has 0 aromatic heterocycles. The van der Waals surface area contributed by atoms with Crippen molar-refractivity contribution in [2.45, 2.75) is 53.2 Å². The van der Waals surface area contributed by atoms with Crippen molar-refractivity contribution in [3.05, 3.63) is 94.5 Å². The zero-order chi connectivity index (χ0) is 23.3. The van der Waals surface area contributed by atoms with Crippen LogP contribution in [0.1, 0.15) is 48.6 Å². The van der Waals surface area contributed by atoms with Crippen molar-refractivity contribution in [3.8, 4) is 5.75 Å². The molecule has 1 amide bonds. The Morgan fingerprint density at radius 3 is 2.25 bits per heavy atom. The predicted octanol–water partition coefficient (Wildman–Crippen LogP) is 6.95. The average Bonchev–Trinajstić information content (AvgIpc) is 2.77. The van der Waals surface area contributed by atoms with Crippen LogP contribution in [-0.4, -0.2) is 11.8 Å². The maximum absolute atomic E-state index is 12.8. The van der Waals surface area contributed by atoms with Crippen molar-refractivity contribution >= 4 is 23.2 Å². The van der Waals surface area contributed by atoms with Gasteiger partial charge < -0.3 is 9.64 Å². The monoisotopic (exact) mass is 449 g/mol. The fourth-order valence-electron chi connectivity index (χ4n) is 3.64. The first-order chi connectivity index (χ1) is 15.2. The lowest BCUT2D eigenvalue weighted by atomic mass is 9.86. The molecule has 0 unspecified atom stereocenters. The Labute approximate surface area is 197 Å². The van der Waals surface area contributed by atoms with E-state index in [1.807, 2.05) is 56.3 Å². The number of alkyl halides is 1. The number of benzene rings is 3. The molecule has 0 N–H and O–H groups in total. The fourth-order valence-corrected chi connectivity index (χ4v) is 3.78. The van der Waals surface area contributed by atoms with E-state index in [1.165, 1.54) is 5.56 Å². The molecular formula is C28H32ClNO2. The van der Waals surface area contributed by atoms with Gasteiger partial charge in [-0.2, -0.15) is 0 Å². The predicted molar refractivity (Wildman–Crippen MR) is 134 cm³/mol. The minimum atomic E-state index is -0.108. The number of carbonyl (C=O) groups is 1. The van der Waals surface area contributed by atoms with E-state index in [0.29, 0.717) is 13.2 Å². The van der Waals surface area contributed by atoms with Crippen molar-refractivity contribution in [2.75, 3.05) is 10.8 Å². The molecule has 168 valence electrons. The van der Waals surface area contributed by atoms with E-state index in [0.717, 1.165) is 33.7 Å². The highest BCUT2D eigenvalue weighted by Crippen LogP contribution is 2.31. The molecule has 0 aliphatic heterocycles. The van der Waals surface area contributed by atoms with Crippen LogP contribution < -0.4 is 9.64 Å². The molecule has 0 atom stereocenters. The van der Waals surface area contributed by atoms with E-state index in [2.05, 4.69) is 45.0 Å². The largest absolute Gasteiger partial charge is 0.489 e. The first kappa shape index (κ1) is 23.9. The summed E-state index contributed by atoms with van der Waals surface area (Å²) in [5.74, 6) is 0.679. The van der Waals surface area contributed by atoms with Crippen LogP contribution in [0.4, 0.5) is 5.69 Å². The van der Waals surface area contributed by atoms with Crippen molar-refractivity contribution < 1.29 is 9.53 Å². The van der Waals surface area contributed by atoms with Crippen LogP contribution in [-0.2, 0) is 23.4 Å². The number of rotatable bonds is 7. The van der Waals surface area contributed by atoms with Crippen molar-refractivity contribution in [2.24, 2.45) is 0 Å². The lowest BCUT2D eigenvalue weighted by Crippen LogP contribution is -2.32. The molecule has 3 nitrogen and oxygen atoms in total. The van der Waals surface area contributed by atoms with E-state index >= 15 is 0 Å². The quantitative estimate of drug-likeness (QED) is 0.365. The van der Waals surface area contributed by atoms with Gasteiger partial charge in [-0.15, -0.1) is 11.6 Å². The second-order valence-electron chi connectivity index (χ2n) is 9.24. The number of nitrogens with zero attached hydrogens (tertiary/aromatic N) is 1. The second kappa shape index (κ2) is 10.2. The molecule has 0 radical (unpaired) electrons. The molecule has 4 heteroatoms. The first-order valence-electron chi connectivity index (χ1n) is 10.9. The van der Waals surface area contributed by atoms with Gasteiger partial charge in [0.2, 0.25) is 5.91 Å². The SMILES string of the molecule is Cc1cc(CN(C(=O)CCl)c2cc(C(C)(C)C)ccc2C)ccc1OCc1ccccc1. The molecule has 0 aliphatic carbocycles. The van der Waals surface area contributed by atoms with E-state index in [9.17, 15) is 4.79 Å². The van der Waals surface area contributed by atoms with Gasteiger partial charge in [0.15, 0.2) is 0 Å². The van der Waals surface area contributed by atoms with Crippen LogP contribution in [0.15, 0.2) is 66.7 Å². The lowest BCUT2D eigenvalue weighted by molar-refractivity contribution is -0.116. The number of hydrogen-bond donors (Lipinski definition) is 0. The Hall–Kier alpha value is -2.78. The Morgan fingerprint density at radius 1 is 0.906 bits per heavy atom. The normalized spacial score (nSPS) is 11.3. The minimum absolute atomic E-state index is 0.00748. The summed E-state index contributed by atoms with van der Waals surface area (Å²) >= 11 is 5.99. The van der Waals surface area contributed by atoms with Gasteiger partial charge in [-0.25, -0.2) is 0 Å². The Kier molecular flexibility index (Phi) is 7.63. The summed E-state index contributed by atoms with van der Waals surface area (Å²) in [6.07, 6.45) is 0. The van der Waals surface area contributed by atoms with Gasteiger partial charge in [-0.05, 0) is 59.2 Å². The van der Waals surface area contributed by atoms with Crippen molar-refractivity contribution in [3.63, 3.8) is 0 Å². The highest BCUT2D eigenvalue weighted by Gasteiger charge is 2.21. The van der Waals surface area contributed by atoms with Gasteiger partial charge in [-0.1, -0.05) is 75.4 Å². The number of anilines is 1. The maximum Gasteiger partial charge on any atom is 0.242 e. The zero-order valence-electron chi connectivity index (χ0n) is 19.6. The number of aryl methyl sites for hydroxylation is 2. The third-order valence-corrected chi connectivity index (χ3v) is 5.83. The van der Waals surface area contributed by atoms with Crippen molar-refractivity contribution in [1.82, 2.24) is 0 Å². The summed E-state index contributed by atoms with van der Waals surface area (Å²) in [5.41, 5.74) is 6.34. The van der Waals surface area contributed by atoms with Gasteiger partial charge in [-0.3, -0.25) is 4.79 Å². The molecular weight excluding hydrogens is 418 g/mol. The molecule has 0 fully saturated rings. The maximum atomic E-state index is 12.8. The number of carbonyl (C=O) groups excluding carboxylic acids is 1. The third-order valence-electron chi connectivity index (χ3n) is 5.60. The standard InChI is InChI=1S/C28H32ClNO2/c1-20-11-13-24(28(3,4)5)16-25(20)30(27(31)17-29)18-23-12-14-26(21(2)15-23)32-19-22-9-7-6-8-10-22/h6-16H,17-19H2,1-5H3. The van der Waals surface area contributed by atoms with Crippen molar-refractivity contribution in [1.29, 1.82) is 0 Å². The van der Waals surface area contributed by atoms with Crippen LogP contribution in [0.3, 0.4) is 0 Å². The van der Waals surface area contributed by atoms with Gasteiger partial charge in [0.1, 0.15) is 18.2 Å². The first-order valence-corrected chi connectivity index (χ1v) is 11.5. The summed E-state index contributed by atoms with van der Waals surface area (Å²) in [7, 11) is 0. The summed E-state index contributed by atoms with van der Waals surface area (Å²) in [4.78, 5) is 14.6. The Morgan fingerprint density at radius 2 is 1.62 bits per heavy atom. The third kappa shape index (κ3) is 5.92. The topological polar surface area (TPSA) is 29.5 Å². The van der Waals surface area contributed by atoms with E-state index in [4.69, 9.17) is 16.3 Å². The van der Waals surface area contributed by atoms with Gasteiger partial charge in [0.05, 0.1) is 6.54 Å². The van der Waals surface area contributed by atoms with Gasteiger partial charge in [0.25, 0.3) is 0 Å². The molecule has 3 aromatic carbocycles. The highest BCUT2D eigenvalue weighted by atomic mass is 35.5. The van der Waals surface area contributed by atoms with Crippen LogP contribution >= 0.6 is 11.6 Å². The number of amides is 1. The molecule has 0 saturated carbocycles. The van der Waals surface area contributed by atoms with Gasteiger partial charge in [0, 0.05) is 5.69 Å². The lowest BCUT2D eigenvalue weighted by Gasteiger charge is -2.27.